The van der Waals surface area contributed by atoms with Gasteiger partial charge in [0.2, 0.25) is 0 Å². The van der Waals surface area contributed by atoms with Crippen molar-refractivity contribution in [2.75, 3.05) is 30.4 Å². The molecule has 0 spiro atoms. The lowest BCUT2D eigenvalue weighted by Gasteiger charge is -2.31. The monoisotopic (exact) mass is 433 g/mol. The van der Waals surface area contributed by atoms with Crippen molar-refractivity contribution in [3.05, 3.63) is 35.0 Å². The van der Waals surface area contributed by atoms with E-state index in [1.54, 1.807) is 18.4 Å². The SMILES string of the molecule is COCc1ncc(Nc2cc(C(C)CC(=O)O)ccc2N(CC(C)C)CC(C)C)s1. The maximum Gasteiger partial charge on any atom is 0.303 e. The Morgan fingerprint density at radius 3 is 2.43 bits per heavy atom. The van der Waals surface area contributed by atoms with Gasteiger partial charge in [0.15, 0.2) is 0 Å². The second-order valence-electron chi connectivity index (χ2n) is 8.64. The molecule has 166 valence electrons. The first kappa shape index (κ1) is 24.2. The highest BCUT2D eigenvalue weighted by Crippen LogP contribution is 2.35. The molecule has 0 fully saturated rings. The van der Waals surface area contributed by atoms with Crippen molar-refractivity contribution in [2.24, 2.45) is 11.8 Å². The van der Waals surface area contributed by atoms with Gasteiger partial charge in [-0.1, -0.05) is 52.0 Å². The summed E-state index contributed by atoms with van der Waals surface area (Å²) < 4.78 is 5.18. The molecule has 2 rings (SSSR count). The molecule has 2 N–H and O–H groups in total. The third-order valence-corrected chi connectivity index (χ3v) is 5.55. The number of rotatable bonds is 12. The number of aromatic nitrogens is 1. The topological polar surface area (TPSA) is 74.7 Å². The van der Waals surface area contributed by atoms with Crippen LogP contribution in [-0.2, 0) is 16.1 Å². The predicted octanol–water partition coefficient (Wildman–Crippen LogP) is 5.73. The molecule has 2 aromatic rings. The lowest BCUT2D eigenvalue weighted by Crippen LogP contribution is -2.31. The van der Waals surface area contributed by atoms with E-state index in [4.69, 9.17) is 4.74 Å². The Hall–Kier alpha value is -2.12. The number of aliphatic carboxylic acids is 1. The van der Waals surface area contributed by atoms with Crippen LogP contribution in [-0.4, -0.2) is 36.3 Å². The highest BCUT2D eigenvalue weighted by molar-refractivity contribution is 7.15. The number of hydrogen-bond donors (Lipinski definition) is 2. The maximum atomic E-state index is 11.2. The number of carbonyl (C=O) groups is 1. The number of ether oxygens (including phenoxy) is 1. The zero-order chi connectivity index (χ0) is 22.3. The molecule has 1 atom stereocenters. The van der Waals surface area contributed by atoms with Crippen LogP contribution in [0.5, 0.6) is 0 Å². The molecule has 0 aliphatic carbocycles. The van der Waals surface area contributed by atoms with Crippen LogP contribution >= 0.6 is 11.3 Å². The van der Waals surface area contributed by atoms with Crippen LogP contribution in [0.25, 0.3) is 0 Å². The van der Waals surface area contributed by atoms with Crippen LogP contribution < -0.4 is 10.2 Å². The molecule has 1 aromatic heterocycles. The van der Waals surface area contributed by atoms with E-state index in [2.05, 4.69) is 61.1 Å². The molecule has 1 aromatic carbocycles. The number of methoxy groups -OCH3 is 1. The number of hydrogen-bond acceptors (Lipinski definition) is 6. The summed E-state index contributed by atoms with van der Waals surface area (Å²) in [5, 5.41) is 14.6. The zero-order valence-electron chi connectivity index (χ0n) is 18.9. The molecule has 7 heteroatoms. The van der Waals surface area contributed by atoms with E-state index in [0.717, 1.165) is 40.0 Å². The van der Waals surface area contributed by atoms with E-state index in [1.165, 1.54) is 0 Å². The minimum absolute atomic E-state index is 0.0636. The first-order valence-corrected chi connectivity index (χ1v) is 11.3. The fourth-order valence-electron chi connectivity index (χ4n) is 3.46. The number of thiazole rings is 1. The molecule has 1 unspecified atom stereocenters. The van der Waals surface area contributed by atoms with Gasteiger partial charge in [-0.2, -0.15) is 0 Å². The molecule has 1 heterocycles. The van der Waals surface area contributed by atoms with Gasteiger partial charge in [0, 0.05) is 20.2 Å². The fourth-order valence-corrected chi connectivity index (χ4v) is 4.26. The first-order chi connectivity index (χ1) is 14.2. The Bertz CT molecular complexity index is 810. The van der Waals surface area contributed by atoms with Gasteiger partial charge in [0.1, 0.15) is 10.0 Å². The maximum absolute atomic E-state index is 11.2. The normalized spacial score (nSPS) is 12.4. The summed E-state index contributed by atoms with van der Waals surface area (Å²) in [4.78, 5) is 18.0. The van der Waals surface area contributed by atoms with Gasteiger partial charge < -0.3 is 20.1 Å². The molecule has 0 amide bonds. The summed E-state index contributed by atoms with van der Waals surface area (Å²) >= 11 is 1.57. The summed E-state index contributed by atoms with van der Waals surface area (Å²) in [5.74, 6) is 0.207. The van der Waals surface area contributed by atoms with Gasteiger partial charge in [0.25, 0.3) is 0 Å². The van der Waals surface area contributed by atoms with Gasteiger partial charge in [-0.15, -0.1) is 0 Å². The van der Waals surface area contributed by atoms with Crippen LogP contribution in [0, 0.1) is 11.8 Å². The summed E-state index contributed by atoms with van der Waals surface area (Å²) in [6.07, 6.45) is 1.93. The Kier molecular flexibility index (Phi) is 9.11. The molecule has 30 heavy (non-hydrogen) atoms. The number of carboxylic acids is 1. The van der Waals surface area contributed by atoms with Crippen molar-refractivity contribution in [1.82, 2.24) is 4.98 Å². The fraction of sp³-hybridized carbons (Fsp3) is 0.565. The Balaban J connectivity index is 2.43. The van der Waals surface area contributed by atoms with Crippen LogP contribution in [0.15, 0.2) is 24.4 Å². The Morgan fingerprint density at radius 2 is 1.87 bits per heavy atom. The largest absolute Gasteiger partial charge is 0.481 e. The zero-order valence-corrected chi connectivity index (χ0v) is 19.8. The second-order valence-corrected chi connectivity index (χ2v) is 9.76. The number of carboxylic acid groups (broad SMARTS) is 1. The Morgan fingerprint density at radius 1 is 1.20 bits per heavy atom. The molecule has 6 nitrogen and oxygen atoms in total. The van der Waals surface area contributed by atoms with E-state index in [1.807, 2.05) is 13.1 Å². The van der Waals surface area contributed by atoms with Crippen molar-refractivity contribution in [3.63, 3.8) is 0 Å². The van der Waals surface area contributed by atoms with Crippen LogP contribution in [0.1, 0.15) is 57.5 Å². The molecule has 0 radical (unpaired) electrons. The van der Waals surface area contributed by atoms with Gasteiger partial charge >= 0.3 is 5.97 Å². The van der Waals surface area contributed by atoms with Crippen molar-refractivity contribution in [3.8, 4) is 0 Å². The molecule has 0 saturated carbocycles. The number of nitrogens with zero attached hydrogens (tertiary/aromatic N) is 2. The third kappa shape index (κ3) is 7.29. The molecule has 0 aliphatic heterocycles. The van der Waals surface area contributed by atoms with Crippen LogP contribution in [0.2, 0.25) is 0 Å². The van der Waals surface area contributed by atoms with Crippen molar-refractivity contribution >= 4 is 33.7 Å². The number of benzene rings is 1. The van der Waals surface area contributed by atoms with Crippen LogP contribution in [0.3, 0.4) is 0 Å². The van der Waals surface area contributed by atoms with E-state index in [-0.39, 0.29) is 12.3 Å². The molecule has 0 aliphatic rings. The van der Waals surface area contributed by atoms with E-state index in [9.17, 15) is 9.90 Å². The summed E-state index contributed by atoms with van der Waals surface area (Å²) in [5.41, 5.74) is 3.13. The van der Waals surface area contributed by atoms with E-state index >= 15 is 0 Å². The summed E-state index contributed by atoms with van der Waals surface area (Å²) in [6, 6.07) is 6.27. The van der Waals surface area contributed by atoms with Crippen LogP contribution in [0.4, 0.5) is 16.4 Å². The van der Waals surface area contributed by atoms with E-state index < -0.39 is 5.97 Å². The second kappa shape index (κ2) is 11.3. The Labute approximate surface area is 184 Å². The van der Waals surface area contributed by atoms with Crippen molar-refractivity contribution in [2.45, 2.75) is 53.6 Å². The standard InChI is InChI=1S/C23H35N3O3S/c1-15(2)12-26(13-16(3)4)20-8-7-18(17(5)9-23(27)28)10-19(20)25-21-11-24-22(30-21)14-29-6/h7-8,10-11,15-17,25H,9,12-14H2,1-6H3,(H,27,28). The molecular formula is C23H35N3O3S. The lowest BCUT2D eigenvalue weighted by molar-refractivity contribution is -0.137. The smallest absolute Gasteiger partial charge is 0.303 e. The molecular weight excluding hydrogens is 398 g/mol. The van der Waals surface area contributed by atoms with Crippen molar-refractivity contribution in [1.29, 1.82) is 0 Å². The van der Waals surface area contributed by atoms with Gasteiger partial charge in [-0.3, -0.25) is 4.79 Å². The average Bonchev–Trinajstić information content (AvgIpc) is 3.07. The van der Waals surface area contributed by atoms with E-state index in [0.29, 0.717) is 18.4 Å². The average molecular weight is 434 g/mol. The highest BCUT2D eigenvalue weighted by Gasteiger charge is 2.18. The summed E-state index contributed by atoms with van der Waals surface area (Å²) in [6.45, 7) is 13.3. The number of anilines is 3. The van der Waals surface area contributed by atoms with Gasteiger partial charge in [0.05, 0.1) is 30.6 Å². The quantitative estimate of drug-likeness (QED) is 0.445. The molecule has 0 saturated heterocycles. The first-order valence-electron chi connectivity index (χ1n) is 10.5. The third-order valence-electron chi connectivity index (χ3n) is 4.66. The molecule has 0 bridgehead atoms. The minimum Gasteiger partial charge on any atom is -0.481 e. The lowest BCUT2D eigenvalue weighted by atomic mass is 9.96. The highest BCUT2D eigenvalue weighted by atomic mass is 32.1. The van der Waals surface area contributed by atoms with Gasteiger partial charge in [-0.25, -0.2) is 4.98 Å². The predicted molar refractivity (Wildman–Crippen MR) is 125 cm³/mol. The summed E-state index contributed by atoms with van der Waals surface area (Å²) in [7, 11) is 1.66. The minimum atomic E-state index is -0.783. The number of nitrogens with one attached hydrogen (secondary N) is 1. The van der Waals surface area contributed by atoms with Gasteiger partial charge in [-0.05, 0) is 35.4 Å². The van der Waals surface area contributed by atoms with Crippen molar-refractivity contribution < 1.29 is 14.6 Å².